The maximum absolute atomic E-state index is 6.38. The molecule has 0 unspecified atom stereocenters. The second kappa shape index (κ2) is 19.2. The summed E-state index contributed by atoms with van der Waals surface area (Å²) in [5, 5.41) is 4.24. The van der Waals surface area contributed by atoms with Gasteiger partial charge in [0.15, 0.2) is 0 Å². The number of nitrogens with zero attached hydrogens (tertiary/aromatic N) is 4. The maximum atomic E-state index is 6.38. The summed E-state index contributed by atoms with van der Waals surface area (Å²) >= 11 is 0. The second-order valence-electron chi connectivity index (χ2n) is 18.3. The summed E-state index contributed by atoms with van der Waals surface area (Å²) in [6.07, 6.45) is 7.73. The number of rotatable bonds is 9. The maximum Gasteiger partial charge on any atom is 3.00 e. The van der Waals surface area contributed by atoms with Gasteiger partial charge >= 0.3 is 20.1 Å². The summed E-state index contributed by atoms with van der Waals surface area (Å²) in [4.78, 5) is 19.7. The largest absolute Gasteiger partial charge is 3.00 e. The third-order valence-electron chi connectivity index (χ3n) is 13.9. The van der Waals surface area contributed by atoms with Crippen LogP contribution in [-0.2, 0) is 20.1 Å². The Morgan fingerprint density at radius 3 is 1.13 bits per heavy atom. The molecule has 0 bridgehead atoms. The Kier molecular flexibility index (Phi) is 11.7. The number of aromatic nitrogens is 4. The Labute approximate surface area is 446 Å². The molecule has 7 heteroatoms. The van der Waals surface area contributed by atoms with Gasteiger partial charge in [0.25, 0.3) is 0 Å². The van der Waals surface area contributed by atoms with Crippen molar-refractivity contribution in [2.45, 2.75) is 0 Å². The van der Waals surface area contributed by atoms with Gasteiger partial charge < -0.3 is 18.8 Å². The van der Waals surface area contributed by atoms with Crippen molar-refractivity contribution in [1.82, 2.24) is 19.9 Å². The van der Waals surface area contributed by atoms with E-state index in [2.05, 4.69) is 158 Å². The van der Waals surface area contributed by atoms with Crippen LogP contribution in [0.1, 0.15) is 0 Å². The fraction of sp³-hybridized carbons (Fsp3) is 0. The summed E-state index contributed by atoms with van der Waals surface area (Å²) in [5.74, 6) is 0.629. The summed E-state index contributed by atoms with van der Waals surface area (Å²) in [5.41, 5.74) is 19.7. The third kappa shape index (κ3) is 8.21. The van der Waals surface area contributed by atoms with Crippen LogP contribution in [0, 0.1) is 18.2 Å². The van der Waals surface area contributed by atoms with E-state index in [1.54, 1.807) is 0 Å². The fourth-order valence-corrected chi connectivity index (χ4v) is 10.4. The van der Waals surface area contributed by atoms with E-state index < -0.39 is 0 Å². The van der Waals surface area contributed by atoms with Gasteiger partial charge in [-0.25, -0.2) is 0 Å². The van der Waals surface area contributed by atoms with Gasteiger partial charge in [-0.1, -0.05) is 155 Å². The molecule has 9 aromatic carbocycles. The van der Waals surface area contributed by atoms with Crippen LogP contribution in [0.4, 0.5) is 0 Å². The molecule has 0 atom stereocenters. The minimum Gasteiger partial charge on any atom is -0.501 e. The van der Waals surface area contributed by atoms with Crippen molar-refractivity contribution < 1.29 is 28.9 Å². The number of fused-ring (bicyclic) bond motifs is 6. The van der Waals surface area contributed by atoms with Crippen LogP contribution in [0.5, 0.6) is 0 Å². The molecule has 352 valence electrons. The van der Waals surface area contributed by atoms with Gasteiger partial charge in [0.2, 0.25) is 0 Å². The van der Waals surface area contributed by atoms with Crippen LogP contribution < -0.4 is 0 Å². The van der Waals surface area contributed by atoms with Gasteiger partial charge in [0.05, 0.1) is 17.0 Å². The molecule has 0 N–H and O–H groups in total. The zero-order valence-corrected chi connectivity index (χ0v) is 42.4. The average Bonchev–Trinajstić information content (AvgIpc) is 4.07. The van der Waals surface area contributed by atoms with Crippen LogP contribution in [0.25, 0.3) is 145 Å². The van der Waals surface area contributed by atoms with E-state index in [-0.39, 0.29) is 20.1 Å². The third-order valence-corrected chi connectivity index (χ3v) is 13.9. The van der Waals surface area contributed by atoms with E-state index in [9.17, 15) is 0 Å². The van der Waals surface area contributed by atoms with Crippen molar-refractivity contribution in [3.63, 3.8) is 0 Å². The molecule has 75 heavy (non-hydrogen) atoms. The summed E-state index contributed by atoms with van der Waals surface area (Å²) in [7, 11) is 0. The van der Waals surface area contributed by atoms with E-state index in [1.807, 2.05) is 97.6 Å². The molecule has 0 aliphatic heterocycles. The quantitative estimate of drug-likeness (QED) is 0.134. The predicted molar refractivity (Wildman–Crippen MR) is 298 cm³/mol. The van der Waals surface area contributed by atoms with Crippen LogP contribution in [-0.4, -0.2) is 19.9 Å². The van der Waals surface area contributed by atoms with Crippen LogP contribution in [0.3, 0.4) is 0 Å². The number of benzene rings is 9. The Balaban J connectivity index is 0.00000541. The SMILES string of the molecule is [Ir+3].[c-]1ccccc1-c1ncc(-c2ccccc2-c2cc(-c3ccccc3-c3ccc(-c4[c-]ccc5c4oc4ccccc45)nc3)cc(-c3ccccc3-c3ccc(-c4[c-]ccc5c4oc4ccccc45)nc3)c2)cn1. The standard InChI is InChI=1S/C68H39N4O2.Ir/c1-2-16-43(17-3-1)68-71-41-49(42-72-68)55-23-9-8-22-54(55)48-37-46(52-20-6-4-18-50(52)44-32-34-62(69-39-44)60-28-14-26-58-56-24-10-12-30-64(56)73-66(58)60)36-47(38-48)53-21-7-5-19-51(53)45-33-35-63(70-40-45)61-29-15-27-59-57-25-11-13-31-65(57)74-67(59)61;/h1-16,18-27,30-42H;/q-3;+3. The Morgan fingerprint density at radius 2 is 0.707 bits per heavy atom. The molecule has 0 radical (unpaired) electrons. The molecule has 0 amide bonds. The molecule has 0 saturated heterocycles. The zero-order chi connectivity index (χ0) is 49.0. The van der Waals surface area contributed by atoms with Gasteiger partial charge in [-0.2, -0.15) is 0 Å². The molecule has 5 aromatic heterocycles. The number of hydrogen-bond donors (Lipinski definition) is 0. The minimum absolute atomic E-state index is 0. The Hall–Kier alpha value is -9.39. The molecule has 14 aromatic rings. The number of hydrogen-bond acceptors (Lipinski definition) is 6. The second-order valence-corrected chi connectivity index (χ2v) is 18.3. The molecule has 6 nitrogen and oxygen atoms in total. The summed E-state index contributed by atoms with van der Waals surface area (Å²) in [6.45, 7) is 0. The van der Waals surface area contributed by atoms with Crippen molar-refractivity contribution in [2.24, 2.45) is 0 Å². The Morgan fingerprint density at radius 1 is 0.307 bits per heavy atom. The van der Waals surface area contributed by atoms with E-state index in [0.717, 1.165) is 139 Å². The van der Waals surface area contributed by atoms with Gasteiger partial charge in [-0.15, -0.1) is 72.3 Å². The Bertz CT molecular complexity index is 4190. The topological polar surface area (TPSA) is 77.8 Å². The van der Waals surface area contributed by atoms with Crippen molar-refractivity contribution in [3.8, 4) is 101 Å². The van der Waals surface area contributed by atoms with Crippen LogP contribution in [0.2, 0.25) is 0 Å². The first-order valence-corrected chi connectivity index (χ1v) is 24.5. The molecule has 0 fully saturated rings. The zero-order valence-electron chi connectivity index (χ0n) is 40.0. The van der Waals surface area contributed by atoms with Crippen LogP contribution in [0.15, 0.2) is 246 Å². The van der Waals surface area contributed by atoms with E-state index in [1.165, 1.54) is 0 Å². The molecule has 0 aliphatic rings. The smallest absolute Gasteiger partial charge is 0.501 e. The summed E-state index contributed by atoms with van der Waals surface area (Å²) in [6, 6.07) is 83.0. The molecule has 14 rings (SSSR count). The van der Waals surface area contributed by atoms with Gasteiger partial charge in [-0.05, 0) is 103 Å². The number of pyridine rings is 2. The first-order valence-electron chi connectivity index (χ1n) is 24.5. The van der Waals surface area contributed by atoms with Gasteiger partial charge in [0, 0.05) is 41.1 Å². The monoisotopic (exact) mass is 1140 g/mol. The average molecular weight is 1140 g/mol. The van der Waals surface area contributed by atoms with Gasteiger partial charge in [0.1, 0.15) is 11.2 Å². The molecule has 0 aliphatic carbocycles. The van der Waals surface area contributed by atoms with E-state index in [0.29, 0.717) is 5.82 Å². The van der Waals surface area contributed by atoms with E-state index in [4.69, 9.17) is 28.8 Å². The molecular weight excluding hydrogens is 1100 g/mol. The normalized spacial score (nSPS) is 11.4. The minimum atomic E-state index is 0. The van der Waals surface area contributed by atoms with E-state index >= 15 is 0 Å². The molecular formula is C68H39IrN4O2. The van der Waals surface area contributed by atoms with Crippen molar-refractivity contribution in [2.75, 3.05) is 0 Å². The van der Waals surface area contributed by atoms with Gasteiger partial charge in [-0.3, -0.25) is 9.97 Å². The fourth-order valence-electron chi connectivity index (χ4n) is 10.4. The molecule has 5 heterocycles. The number of furan rings is 2. The summed E-state index contributed by atoms with van der Waals surface area (Å²) < 4.78 is 12.8. The van der Waals surface area contributed by atoms with Crippen molar-refractivity contribution in [1.29, 1.82) is 0 Å². The van der Waals surface area contributed by atoms with Crippen molar-refractivity contribution >= 4 is 43.9 Å². The molecule has 0 saturated carbocycles. The first kappa shape index (κ1) is 45.5. The van der Waals surface area contributed by atoms with Crippen molar-refractivity contribution in [3.05, 3.63) is 255 Å². The predicted octanol–water partition coefficient (Wildman–Crippen LogP) is 17.5. The number of para-hydroxylation sites is 2. The molecule has 0 spiro atoms. The van der Waals surface area contributed by atoms with Crippen LogP contribution >= 0.6 is 0 Å². The first-order chi connectivity index (χ1) is 36.7.